The van der Waals surface area contributed by atoms with Crippen molar-refractivity contribution in [2.45, 2.75) is 39.5 Å². The molecule has 0 amide bonds. The molecule has 0 aromatic rings. The van der Waals surface area contributed by atoms with Gasteiger partial charge in [-0.3, -0.25) is 0 Å². The van der Waals surface area contributed by atoms with Crippen LogP contribution in [0.1, 0.15) is 39.5 Å². The van der Waals surface area contributed by atoms with E-state index in [2.05, 4.69) is 37.0 Å². The fourth-order valence-corrected chi connectivity index (χ4v) is 3.58. The van der Waals surface area contributed by atoms with Gasteiger partial charge in [-0.1, -0.05) is 26.0 Å². The molecule has 94 valence electrons. The lowest BCUT2D eigenvalue weighted by Gasteiger charge is -2.29. The number of hydrogen-bond donors (Lipinski definition) is 0. The molecule has 3 atom stereocenters. The summed E-state index contributed by atoms with van der Waals surface area (Å²) in [6.07, 6.45) is 9.24. The first-order valence-electron chi connectivity index (χ1n) is 7.06. The molecule has 0 aliphatic heterocycles. The monoisotopic (exact) mass is 232 g/mol. The summed E-state index contributed by atoms with van der Waals surface area (Å²) in [6, 6.07) is 2.65. The van der Waals surface area contributed by atoms with Gasteiger partial charge in [0.1, 0.15) is 0 Å². The lowest BCUT2D eigenvalue weighted by atomic mass is 9.74. The van der Waals surface area contributed by atoms with Gasteiger partial charge in [0.2, 0.25) is 0 Å². The molecule has 0 radical (unpaired) electrons. The van der Waals surface area contributed by atoms with Crippen LogP contribution in [0, 0.1) is 28.6 Å². The van der Waals surface area contributed by atoms with Crippen LogP contribution < -0.4 is 0 Å². The molecule has 1 saturated carbocycles. The maximum Gasteiger partial charge on any atom is 0.0696 e. The number of allylic oxidation sites excluding steroid dienone is 2. The minimum atomic E-state index is -0.0213. The number of rotatable bonds is 6. The molecule has 2 aliphatic rings. The average molecular weight is 232 g/mol. The fourth-order valence-electron chi connectivity index (χ4n) is 3.58. The van der Waals surface area contributed by atoms with Gasteiger partial charge in [0.15, 0.2) is 0 Å². The van der Waals surface area contributed by atoms with Gasteiger partial charge < -0.3 is 4.90 Å². The van der Waals surface area contributed by atoms with Crippen LogP contribution in [0.5, 0.6) is 0 Å². The minimum absolute atomic E-state index is 0.0213. The van der Waals surface area contributed by atoms with Gasteiger partial charge >= 0.3 is 0 Å². The van der Waals surface area contributed by atoms with E-state index in [4.69, 9.17) is 0 Å². The van der Waals surface area contributed by atoms with Crippen LogP contribution in [0.15, 0.2) is 12.2 Å². The largest absolute Gasteiger partial charge is 0.304 e. The topological polar surface area (TPSA) is 27.0 Å². The van der Waals surface area contributed by atoms with Crippen molar-refractivity contribution in [2.24, 2.45) is 17.3 Å². The molecule has 0 N–H and O–H groups in total. The van der Waals surface area contributed by atoms with Crippen molar-refractivity contribution < 1.29 is 0 Å². The second kappa shape index (κ2) is 5.23. The van der Waals surface area contributed by atoms with Crippen molar-refractivity contribution >= 4 is 0 Å². The molecule has 2 bridgehead atoms. The van der Waals surface area contributed by atoms with E-state index in [1.807, 2.05) is 0 Å². The van der Waals surface area contributed by atoms with Crippen molar-refractivity contribution in [3.05, 3.63) is 12.2 Å². The standard InChI is InChI=1S/C15H24N2/c1-3-17(4-2)9-5-8-15(12-16)11-13-6-7-14(15)10-13/h6-7,13-14H,3-5,8-11H2,1-2H3/t13-,14-,15+/m0/s1. The normalized spacial score (nSPS) is 34.5. The molecule has 2 heteroatoms. The molecule has 0 unspecified atom stereocenters. The third kappa shape index (κ3) is 2.40. The summed E-state index contributed by atoms with van der Waals surface area (Å²) in [7, 11) is 0. The Morgan fingerprint density at radius 3 is 2.59 bits per heavy atom. The van der Waals surface area contributed by atoms with Crippen LogP contribution in [0.25, 0.3) is 0 Å². The molecule has 2 aliphatic carbocycles. The molecule has 0 aromatic carbocycles. The molecule has 2 nitrogen and oxygen atoms in total. The molecule has 17 heavy (non-hydrogen) atoms. The minimum Gasteiger partial charge on any atom is -0.304 e. The van der Waals surface area contributed by atoms with Gasteiger partial charge in [-0.2, -0.15) is 5.26 Å². The summed E-state index contributed by atoms with van der Waals surface area (Å²) in [5.74, 6) is 1.25. The molecule has 0 saturated heterocycles. The van der Waals surface area contributed by atoms with Gasteiger partial charge in [-0.05, 0) is 57.2 Å². The van der Waals surface area contributed by atoms with Crippen LogP contribution in [-0.4, -0.2) is 24.5 Å². The molecule has 0 spiro atoms. The van der Waals surface area contributed by atoms with Crippen molar-refractivity contribution in [3.63, 3.8) is 0 Å². The smallest absolute Gasteiger partial charge is 0.0696 e. The van der Waals surface area contributed by atoms with Gasteiger partial charge in [0.25, 0.3) is 0 Å². The van der Waals surface area contributed by atoms with E-state index >= 15 is 0 Å². The van der Waals surface area contributed by atoms with Crippen LogP contribution in [-0.2, 0) is 0 Å². The number of nitriles is 1. The fraction of sp³-hybridized carbons (Fsp3) is 0.800. The highest BCUT2D eigenvalue weighted by molar-refractivity contribution is 5.21. The van der Waals surface area contributed by atoms with Crippen molar-refractivity contribution in [1.29, 1.82) is 5.26 Å². The first-order valence-corrected chi connectivity index (χ1v) is 7.06. The van der Waals surface area contributed by atoms with E-state index in [0.717, 1.165) is 32.5 Å². The maximum absolute atomic E-state index is 9.52. The third-order valence-electron chi connectivity index (χ3n) is 4.72. The van der Waals surface area contributed by atoms with Crippen molar-refractivity contribution in [2.75, 3.05) is 19.6 Å². The predicted octanol–water partition coefficient (Wildman–Crippen LogP) is 3.21. The van der Waals surface area contributed by atoms with E-state index in [1.165, 1.54) is 12.8 Å². The van der Waals surface area contributed by atoms with Crippen molar-refractivity contribution in [3.8, 4) is 6.07 Å². The summed E-state index contributed by atoms with van der Waals surface area (Å²) < 4.78 is 0. The van der Waals surface area contributed by atoms with E-state index < -0.39 is 0 Å². The second-order valence-electron chi connectivity index (χ2n) is 5.59. The van der Waals surface area contributed by atoms with E-state index in [1.54, 1.807) is 0 Å². The Balaban J connectivity index is 1.85. The average Bonchev–Trinajstić information content (AvgIpc) is 2.95. The van der Waals surface area contributed by atoms with E-state index in [-0.39, 0.29) is 5.41 Å². The highest BCUT2D eigenvalue weighted by Crippen LogP contribution is 2.54. The predicted molar refractivity (Wildman–Crippen MR) is 70.4 cm³/mol. The highest BCUT2D eigenvalue weighted by Gasteiger charge is 2.48. The van der Waals surface area contributed by atoms with E-state index in [0.29, 0.717) is 11.8 Å². The zero-order valence-corrected chi connectivity index (χ0v) is 11.2. The van der Waals surface area contributed by atoms with Crippen LogP contribution in [0.4, 0.5) is 0 Å². The SMILES string of the molecule is CCN(CC)CCC[C@]1(C#N)C[C@H]2C=C[C@H]1C2. The van der Waals surface area contributed by atoms with Crippen LogP contribution in [0.2, 0.25) is 0 Å². The van der Waals surface area contributed by atoms with Gasteiger partial charge in [0, 0.05) is 0 Å². The molecule has 0 heterocycles. The quantitative estimate of drug-likeness (QED) is 0.657. The summed E-state index contributed by atoms with van der Waals surface area (Å²) >= 11 is 0. The maximum atomic E-state index is 9.52. The number of nitrogens with zero attached hydrogens (tertiary/aromatic N) is 2. The summed E-state index contributed by atoms with van der Waals surface area (Å²) in [6.45, 7) is 7.83. The first-order chi connectivity index (χ1) is 8.24. The van der Waals surface area contributed by atoms with Gasteiger partial charge in [0.05, 0.1) is 11.5 Å². The van der Waals surface area contributed by atoms with Crippen LogP contribution in [0.3, 0.4) is 0 Å². The zero-order chi connectivity index (χ0) is 12.3. The molecule has 2 rings (SSSR count). The Hall–Kier alpha value is -0.810. The van der Waals surface area contributed by atoms with Gasteiger partial charge in [-0.25, -0.2) is 0 Å². The Bertz CT molecular complexity index is 324. The summed E-state index contributed by atoms with van der Waals surface area (Å²) in [5.41, 5.74) is -0.0213. The molecular weight excluding hydrogens is 208 g/mol. The van der Waals surface area contributed by atoms with Crippen molar-refractivity contribution in [1.82, 2.24) is 4.90 Å². The lowest BCUT2D eigenvalue weighted by molar-refractivity contribution is 0.245. The molecular formula is C15H24N2. The highest BCUT2D eigenvalue weighted by atomic mass is 15.1. The molecule has 1 fully saturated rings. The Morgan fingerprint density at radius 1 is 1.35 bits per heavy atom. The Labute approximate surface area is 105 Å². The zero-order valence-electron chi connectivity index (χ0n) is 11.2. The van der Waals surface area contributed by atoms with Crippen LogP contribution >= 0.6 is 0 Å². The molecule has 0 aromatic heterocycles. The lowest BCUT2D eigenvalue weighted by Crippen LogP contribution is -2.28. The summed E-state index contributed by atoms with van der Waals surface area (Å²) in [4.78, 5) is 2.45. The van der Waals surface area contributed by atoms with Gasteiger partial charge in [-0.15, -0.1) is 0 Å². The second-order valence-corrected chi connectivity index (χ2v) is 5.59. The first kappa shape index (κ1) is 12.6. The Kier molecular flexibility index (Phi) is 3.89. The third-order valence-corrected chi connectivity index (χ3v) is 4.72. The number of fused-ring (bicyclic) bond motifs is 2. The Morgan fingerprint density at radius 2 is 2.12 bits per heavy atom. The summed E-state index contributed by atoms with van der Waals surface area (Å²) in [5, 5.41) is 9.52. The van der Waals surface area contributed by atoms with E-state index in [9.17, 15) is 5.26 Å². The number of hydrogen-bond acceptors (Lipinski definition) is 2.